The molecule has 2 saturated carbocycles. The van der Waals surface area contributed by atoms with Gasteiger partial charge in [0.25, 0.3) is 0 Å². The van der Waals surface area contributed by atoms with Crippen LogP contribution in [0, 0.1) is 5.92 Å². The van der Waals surface area contributed by atoms with Gasteiger partial charge in [-0.15, -0.1) is 0 Å². The van der Waals surface area contributed by atoms with Crippen LogP contribution in [0.4, 0.5) is 0 Å². The van der Waals surface area contributed by atoms with E-state index in [2.05, 4.69) is 5.32 Å². The molecule has 0 aliphatic heterocycles. The fraction of sp³-hybridized carbons (Fsp3) is 1.00. The molecule has 0 aromatic heterocycles. The van der Waals surface area contributed by atoms with E-state index in [4.69, 9.17) is 4.74 Å². The number of nitrogens with one attached hydrogen (secondary N) is 1. The first kappa shape index (κ1) is 15.3. The molecule has 0 radical (unpaired) electrons. The molecule has 19 heavy (non-hydrogen) atoms. The maximum absolute atomic E-state index is 9.38. The molecule has 0 aromatic rings. The van der Waals surface area contributed by atoms with Crippen LogP contribution in [0.1, 0.15) is 64.2 Å². The lowest BCUT2D eigenvalue weighted by Crippen LogP contribution is -2.41. The predicted octanol–water partition coefficient (Wildman–Crippen LogP) is 2.87. The molecule has 0 aromatic carbocycles. The Morgan fingerprint density at radius 1 is 0.895 bits per heavy atom. The van der Waals surface area contributed by atoms with E-state index in [9.17, 15) is 5.11 Å². The maximum atomic E-state index is 9.38. The lowest BCUT2D eigenvalue weighted by atomic mass is 9.85. The molecule has 112 valence electrons. The first-order chi connectivity index (χ1) is 9.40. The molecule has 2 atom stereocenters. The summed E-state index contributed by atoms with van der Waals surface area (Å²) in [5, 5.41) is 13.0. The van der Waals surface area contributed by atoms with Crippen molar-refractivity contribution < 1.29 is 9.84 Å². The normalized spacial score (nSPS) is 30.2. The molecule has 0 heterocycles. The van der Waals surface area contributed by atoms with Gasteiger partial charge in [0.1, 0.15) is 0 Å². The number of ether oxygens (including phenoxy) is 1. The summed E-state index contributed by atoms with van der Waals surface area (Å²) >= 11 is 0. The highest BCUT2D eigenvalue weighted by molar-refractivity contribution is 4.80. The van der Waals surface area contributed by atoms with E-state index < -0.39 is 0 Å². The minimum absolute atomic E-state index is 0.334. The second kappa shape index (κ2) is 8.93. The van der Waals surface area contributed by atoms with Crippen molar-refractivity contribution in [3.63, 3.8) is 0 Å². The van der Waals surface area contributed by atoms with Crippen LogP contribution >= 0.6 is 0 Å². The number of rotatable bonds is 6. The van der Waals surface area contributed by atoms with Gasteiger partial charge >= 0.3 is 0 Å². The Kier molecular flexibility index (Phi) is 7.18. The molecule has 0 bridgehead atoms. The van der Waals surface area contributed by atoms with E-state index in [1.165, 1.54) is 64.2 Å². The molecule has 3 nitrogen and oxygen atoms in total. The van der Waals surface area contributed by atoms with E-state index in [-0.39, 0.29) is 0 Å². The molecule has 2 fully saturated rings. The summed E-state index contributed by atoms with van der Waals surface area (Å²) in [7, 11) is 0. The monoisotopic (exact) mass is 269 g/mol. The van der Waals surface area contributed by atoms with Crippen molar-refractivity contribution in [2.45, 2.75) is 76.4 Å². The second-order valence-electron chi connectivity index (χ2n) is 6.27. The molecule has 2 rings (SSSR count). The van der Waals surface area contributed by atoms with Crippen LogP contribution in [0.5, 0.6) is 0 Å². The first-order valence-corrected chi connectivity index (χ1v) is 8.36. The third kappa shape index (κ3) is 5.41. The number of aliphatic hydroxyl groups is 1. The topological polar surface area (TPSA) is 41.5 Å². The molecular weight excluding hydrogens is 238 g/mol. The molecule has 2 aliphatic carbocycles. The van der Waals surface area contributed by atoms with Gasteiger partial charge in [0.05, 0.1) is 12.7 Å². The van der Waals surface area contributed by atoms with Crippen LogP contribution in [-0.2, 0) is 4.74 Å². The fourth-order valence-corrected chi connectivity index (χ4v) is 3.57. The van der Waals surface area contributed by atoms with Crippen molar-refractivity contribution in [1.82, 2.24) is 5.32 Å². The molecular formula is C16H31NO2. The van der Waals surface area contributed by atoms with Crippen molar-refractivity contribution in [2.75, 3.05) is 19.8 Å². The first-order valence-electron chi connectivity index (χ1n) is 8.36. The van der Waals surface area contributed by atoms with Crippen LogP contribution < -0.4 is 5.32 Å². The van der Waals surface area contributed by atoms with Gasteiger partial charge in [-0.2, -0.15) is 0 Å². The highest BCUT2D eigenvalue weighted by Gasteiger charge is 2.23. The molecule has 2 unspecified atom stereocenters. The van der Waals surface area contributed by atoms with Crippen LogP contribution in [-0.4, -0.2) is 37.0 Å². The van der Waals surface area contributed by atoms with Gasteiger partial charge in [-0.1, -0.05) is 38.5 Å². The van der Waals surface area contributed by atoms with Crippen LogP contribution in [0.2, 0.25) is 0 Å². The molecule has 0 spiro atoms. The van der Waals surface area contributed by atoms with Gasteiger partial charge in [-0.3, -0.25) is 0 Å². The van der Waals surface area contributed by atoms with Gasteiger partial charge in [0, 0.05) is 19.2 Å². The second-order valence-corrected chi connectivity index (χ2v) is 6.27. The average Bonchev–Trinajstić information content (AvgIpc) is 2.72. The number of aliphatic hydroxyl groups excluding tert-OH is 1. The summed E-state index contributed by atoms with van der Waals surface area (Å²) in [5.74, 6) is 0.464. The Morgan fingerprint density at radius 2 is 1.58 bits per heavy atom. The van der Waals surface area contributed by atoms with Gasteiger partial charge in [0.15, 0.2) is 0 Å². The highest BCUT2D eigenvalue weighted by Crippen LogP contribution is 2.24. The Bertz CT molecular complexity index is 227. The summed E-state index contributed by atoms with van der Waals surface area (Å²) in [6.45, 7) is 2.11. The minimum Gasteiger partial charge on any atom is -0.396 e. The Hall–Kier alpha value is -0.120. The van der Waals surface area contributed by atoms with Crippen LogP contribution in [0.15, 0.2) is 0 Å². The van der Waals surface area contributed by atoms with E-state index in [0.29, 0.717) is 24.7 Å². The van der Waals surface area contributed by atoms with Crippen molar-refractivity contribution in [3.05, 3.63) is 0 Å². The third-order valence-corrected chi connectivity index (χ3v) is 4.81. The predicted molar refractivity (Wildman–Crippen MR) is 78.3 cm³/mol. The molecule has 2 aliphatic rings. The average molecular weight is 269 g/mol. The zero-order chi connectivity index (χ0) is 13.3. The lowest BCUT2D eigenvalue weighted by molar-refractivity contribution is 0.0410. The van der Waals surface area contributed by atoms with E-state index in [0.717, 1.165) is 13.2 Å². The van der Waals surface area contributed by atoms with Crippen LogP contribution in [0.3, 0.4) is 0 Å². The quantitative estimate of drug-likeness (QED) is 0.575. The maximum Gasteiger partial charge on any atom is 0.0594 e. The van der Waals surface area contributed by atoms with E-state index in [1.54, 1.807) is 0 Å². The van der Waals surface area contributed by atoms with Gasteiger partial charge in [-0.05, 0) is 31.6 Å². The number of hydrogen-bond acceptors (Lipinski definition) is 3. The zero-order valence-electron chi connectivity index (χ0n) is 12.3. The van der Waals surface area contributed by atoms with Gasteiger partial charge in [0.2, 0.25) is 0 Å². The lowest BCUT2D eigenvalue weighted by Gasteiger charge is -2.31. The molecule has 0 saturated heterocycles. The summed E-state index contributed by atoms with van der Waals surface area (Å²) < 4.78 is 6.00. The van der Waals surface area contributed by atoms with Gasteiger partial charge < -0.3 is 15.2 Å². The Morgan fingerprint density at radius 3 is 2.32 bits per heavy atom. The summed E-state index contributed by atoms with van der Waals surface area (Å²) in [6.07, 6.45) is 13.4. The smallest absolute Gasteiger partial charge is 0.0594 e. The van der Waals surface area contributed by atoms with E-state index in [1.807, 2.05) is 0 Å². The third-order valence-electron chi connectivity index (χ3n) is 4.81. The fourth-order valence-electron chi connectivity index (χ4n) is 3.57. The summed E-state index contributed by atoms with van der Waals surface area (Å²) in [6, 6.07) is 0.511. The summed E-state index contributed by atoms with van der Waals surface area (Å²) in [5.41, 5.74) is 0. The van der Waals surface area contributed by atoms with Crippen molar-refractivity contribution in [1.29, 1.82) is 0 Å². The molecule has 2 N–H and O–H groups in total. The van der Waals surface area contributed by atoms with Crippen molar-refractivity contribution in [3.8, 4) is 0 Å². The largest absolute Gasteiger partial charge is 0.396 e. The van der Waals surface area contributed by atoms with Crippen molar-refractivity contribution in [2.24, 2.45) is 5.92 Å². The summed E-state index contributed by atoms with van der Waals surface area (Å²) in [4.78, 5) is 0. The van der Waals surface area contributed by atoms with Crippen molar-refractivity contribution >= 4 is 0 Å². The van der Waals surface area contributed by atoms with E-state index >= 15 is 0 Å². The Balaban J connectivity index is 1.57. The van der Waals surface area contributed by atoms with Gasteiger partial charge in [-0.25, -0.2) is 0 Å². The molecule has 3 heteroatoms. The highest BCUT2D eigenvalue weighted by atomic mass is 16.5. The Labute approximate surface area is 118 Å². The minimum atomic E-state index is 0.334. The SMILES string of the molecule is OCC1CCCCC1NCCOC1CCCCCC1. The number of hydrogen-bond donors (Lipinski definition) is 2. The standard InChI is InChI=1S/C16H31NO2/c18-13-14-7-5-6-10-16(14)17-11-12-19-15-8-3-1-2-4-9-15/h14-18H,1-13H2. The zero-order valence-corrected chi connectivity index (χ0v) is 12.3. The molecule has 0 amide bonds. The van der Waals surface area contributed by atoms with Crippen LogP contribution in [0.25, 0.3) is 0 Å².